The van der Waals surface area contributed by atoms with Crippen LogP contribution >= 0.6 is 0 Å². The standard InChI is InChI=1S/C23H29N3O2/c1-17-6-3-12-24-23(17)26-21-10-9-20(16-19(21)8-11-22(26)27)28-15-5-14-25-13-4-7-18(25)2/h3,6,9-10,12,16,18H,4-5,7-8,11,13-15H2,1-2H3/t18-/m1/s1. The molecule has 2 aliphatic rings. The largest absolute Gasteiger partial charge is 0.494 e. The smallest absolute Gasteiger partial charge is 0.233 e. The van der Waals surface area contributed by atoms with Gasteiger partial charge in [0.1, 0.15) is 11.6 Å². The van der Waals surface area contributed by atoms with Gasteiger partial charge in [-0.3, -0.25) is 9.69 Å². The third kappa shape index (κ3) is 3.90. The van der Waals surface area contributed by atoms with Crippen LogP contribution in [-0.4, -0.2) is 41.5 Å². The van der Waals surface area contributed by atoms with E-state index in [2.05, 4.69) is 22.9 Å². The van der Waals surface area contributed by atoms with Crippen molar-refractivity contribution in [3.8, 4) is 5.75 Å². The van der Waals surface area contributed by atoms with Crippen molar-refractivity contribution in [2.75, 3.05) is 24.6 Å². The summed E-state index contributed by atoms with van der Waals surface area (Å²) in [5.74, 6) is 1.71. The van der Waals surface area contributed by atoms with E-state index in [0.29, 0.717) is 12.5 Å². The van der Waals surface area contributed by atoms with E-state index in [1.54, 1.807) is 11.1 Å². The first-order chi connectivity index (χ1) is 13.6. The van der Waals surface area contributed by atoms with E-state index in [0.717, 1.165) is 54.4 Å². The number of rotatable bonds is 6. The van der Waals surface area contributed by atoms with Crippen molar-refractivity contribution >= 4 is 17.4 Å². The topological polar surface area (TPSA) is 45.7 Å². The van der Waals surface area contributed by atoms with Gasteiger partial charge in [0.05, 0.1) is 12.3 Å². The fourth-order valence-electron chi connectivity index (χ4n) is 4.28. The van der Waals surface area contributed by atoms with Crippen LogP contribution in [0.3, 0.4) is 0 Å². The molecule has 0 aliphatic carbocycles. The molecule has 4 rings (SSSR count). The second-order valence-electron chi connectivity index (χ2n) is 7.89. The van der Waals surface area contributed by atoms with Gasteiger partial charge in [-0.2, -0.15) is 0 Å². The molecule has 1 atom stereocenters. The predicted molar refractivity (Wildman–Crippen MR) is 111 cm³/mol. The Morgan fingerprint density at radius 1 is 1.25 bits per heavy atom. The maximum Gasteiger partial charge on any atom is 0.233 e. The van der Waals surface area contributed by atoms with Gasteiger partial charge in [0, 0.05) is 25.2 Å². The summed E-state index contributed by atoms with van der Waals surface area (Å²) in [6, 6.07) is 10.7. The highest BCUT2D eigenvalue weighted by atomic mass is 16.5. The number of pyridine rings is 1. The average Bonchev–Trinajstić information content (AvgIpc) is 3.11. The fourth-order valence-corrected chi connectivity index (χ4v) is 4.28. The lowest BCUT2D eigenvalue weighted by Crippen LogP contribution is -2.32. The number of nitrogens with zero attached hydrogens (tertiary/aromatic N) is 3. The molecule has 1 saturated heterocycles. The molecule has 0 radical (unpaired) electrons. The second-order valence-corrected chi connectivity index (χ2v) is 7.89. The molecular formula is C23H29N3O2. The van der Waals surface area contributed by atoms with Crippen LogP contribution in [0.1, 0.15) is 43.7 Å². The first kappa shape index (κ1) is 18.9. The molecule has 2 aromatic rings. The van der Waals surface area contributed by atoms with Gasteiger partial charge < -0.3 is 9.64 Å². The minimum atomic E-state index is 0.0997. The number of benzene rings is 1. The van der Waals surface area contributed by atoms with Crippen molar-refractivity contribution in [2.45, 2.75) is 52.0 Å². The summed E-state index contributed by atoms with van der Waals surface area (Å²) >= 11 is 0. The quantitative estimate of drug-likeness (QED) is 0.704. The molecule has 0 unspecified atom stereocenters. The zero-order valence-corrected chi connectivity index (χ0v) is 16.9. The van der Waals surface area contributed by atoms with Crippen LogP contribution in [-0.2, 0) is 11.2 Å². The van der Waals surface area contributed by atoms with Gasteiger partial charge in [-0.15, -0.1) is 0 Å². The number of carbonyl (C=O) groups is 1. The Morgan fingerprint density at radius 3 is 2.93 bits per heavy atom. The maximum absolute atomic E-state index is 12.6. The van der Waals surface area contributed by atoms with Crippen molar-refractivity contribution in [1.29, 1.82) is 0 Å². The molecule has 0 saturated carbocycles. The minimum Gasteiger partial charge on any atom is -0.494 e. The van der Waals surface area contributed by atoms with Gasteiger partial charge in [-0.05, 0) is 81.5 Å². The SMILES string of the molecule is Cc1cccnc1N1C(=O)CCc2cc(OCCCN3CCC[C@H]3C)ccc21. The third-order valence-corrected chi connectivity index (χ3v) is 5.89. The van der Waals surface area contributed by atoms with Gasteiger partial charge in [0.15, 0.2) is 0 Å². The maximum atomic E-state index is 12.6. The van der Waals surface area contributed by atoms with Crippen LogP contribution in [0.2, 0.25) is 0 Å². The summed E-state index contributed by atoms with van der Waals surface area (Å²) in [6.45, 7) is 7.35. The molecule has 148 valence electrons. The van der Waals surface area contributed by atoms with E-state index >= 15 is 0 Å². The Hall–Kier alpha value is -2.40. The highest BCUT2D eigenvalue weighted by Gasteiger charge is 2.27. The van der Waals surface area contributed by atoms with E-state index in [1.165, 1.54) is 19.4 Å². The van der Waals surface area contributed by atoms with E-state index in [4.69, 9.17) is 4.74 Å². The number of hydrogen-bond donors (Lipinski definition) is 0. The molecule has 1 amide bonds. The lowest BCUT2D eigenvalue weighted by Gasteiger charge is -2.29. The number of ether oxygens (including phenoxy) is 1. The first-order valence-corrected chi connectivity index (χ1v) is 10.4. The monoisotopic (exact) mass is 379 g/mol. The van der Waals surface area contributed by atoms with Gasteiger partial charge >= 0.3 is 0 Å². The Morgan fingerprint density at radius 2 is 2.14 bits per heavy atom. The van der Waals surface area contributed by atoms with Crippen LogP contribution in [0.4, 0.5) is 11.5 Å². The van der Waals surface area contributed by atoms with Crippen LogP contribution < -0.4 is 9.64 Å². The van der Waals surface area contributed by atoms with E-state index in [9.17, 15) is 4.79 Å². The number of carbonyl (C=O) groups excluding carboxylic acids is 1. The Labute approximate surface area is 167 Å². The highest BCUT2D eigenvalue weighted by molar-refractivity contribution is 6.02. The Balaban J connectivity index is 1.43. The lowest BCUT2D eigenvalue weighted by atomic mass is 10.00. The molecule has 2 aliphatic heterocycles. The number of likely N-dealkylation sites (tertiary alicyclic amines) is 1. The number of aryl methyl sites for hydroxylation is 2. The number of fused-ring (bicyclic) bond motifs is 1. The third-order valence-electron chi connectivity index (χ3n) is 5.89. The number of hydrogen-bond acceptors (Lipinski definition) is 4. The Kier molecular flexibility index (Phi) is 5.62. The first-order valence-electron chi connectivity index (χ1n) is 10.4. The molecule has 0 N–H and O–H groups in total. The molecule has 0 spiro atoms. The van der Waals surface area contributed by atoms with Gasteiger partial charge in [-0.1, -0.05) is 6.07 Å². The molecule has 0 bridgehead atoms. The number of aromatic nitrogens is 1. The second kappa shape index (κ2) is 8.31. The average molecular weight is 380 g/mol. The summed E-state index contributed by atoms with van der Waals surface area (Å²) in [4.78, 5) is 21.4. The number of amides is 1. The van der Waals surface area contributed by atoms with Crippen molar-refractivity contribution < 1.29 is 9.53 Å². The molecule has 28 heavy (non-hydrogen) atoms. The van der Waals surface area contributed by atoms with Gasteiger partial charge in [-0.25, -0.2) is 4.98 Å². The van der Waals surface area contributed by atoms with Crippen LogP contribution in [0.5, 0.6) is 5.75 Å². The van der Waals surface area contributed by atoms with Crippen molar-refractivity contribution in [2.24, 2.45) is 0 Å². The molecule has 1 fully saturated rings. The summed E-state index contributed by atoms with van der Waals surface area (Å²) < 4.78 is 6.01. The van der Waals surface area contributed by atoms with E-state index < -0.39 is 0 Å². The highest BCUT2D eigenvalue weighted by Crippen LogP contribution is 2.36. The van der Waals surface area contributed by atoms with Crippen molar-refractivity contribution in [3.05, 3.63) is 47.7 Å². The van der Waals surface area contributed by atoms with Crippen LogP contribution in [0, 0.1) is 6.92 Å². The van der Waals surface area contributed by atoms with Crippen LogP contribution in [0.25, 0.3) is 0 Å². The van der Waals surface area contributed by atoms with Crippen molar-refractivity contribution in [3.63, 3.8) is 0 Å². The Bertz CT molecular complexity index is 851. The van der Waals surface area contributed by atoms with E-state index in [1.807, 2.05) is 31.2 Å². The summed E-state index contributed by atoms with van der Waals surface area (Å²) in [6.07, 6.45) is 6.66. The number of anilines is 2. The summed E-state index contributed by atoms with van der Waals surface area (Å²) in [5.41, 5.74) is 3.08. The lowest BCUT2D eigenvalue weighted by molar-refractivity contribution is -0.118. The van der Waals surface area contributed by atoms with E-state index in [-0.39, 0.29) is 5.91 Å². The minimum absolute atomic E-state index is 0.0997. The summed E-state index contributed by atoms with van der Waals surface area (Å²) in [7, 11) is 0. The zero-order chi connectivity index (χ0) is 19.5. The summed E-state index contributed by atoms with van der Waals surface area (Å²) in [5, 5.41) is 0. The molecule has 5 heteroatoms. The van der Waals surface area contributed by atoms with Crippen molar-refractivity contribution in [1.82, 2.24) is 9.88 Å². The van der Waals surface area contributed by atoms with Crippen LogP contribution in [0.15, 0.2) is 36.5 Å². The molecule has 1 aromatic heterocycles. The zero-order valence-electron chi connectivity index (χ0n) is 16.9. The molecule has 1 aromatic carbocycles. The molecule has 3 heterocycles. The predicted octanol–water partition coefficient (Wildman–Crippen LogP) is 4.25. The molecule has 5 nitrogen and oxygen atoms in total. The normalized spacial score (nSPS) is 19.7. The fraction of sp³-hybridized carbons (Fsp3) is 0.478. The van der Waals surface area contributed by atoms with Gasteiger partial charge in [0.2, 0.25) is 5.91 Å². The van der Waals surface area contributed by atoms with Gasteiger partial charge in [0.25, 0.3) is 0 Å². The molecular weight excluding hydrogens is 350 g/mol.